The standard InChI is InChI=1S/C10H13NO.Y/c11-10(12)8-4-7-9-5-2-1-3-6-9;/h1-3,5-6H,4,7-8H2,(H2,11,12);/p-1. The molecule has 3 heteroatoms. The van der Waals surface area contributed by atoms with Gasteiger partial charge in [-0.1, -0.05) is 30.3 Å². The molecule has 1 aromatic carbocycles. The number of amides is 1. The molecule has 0 aliphatic heterocycles. The summed E-state index contributed by atoms with van der Waals surface area (Å²) in [4.78, 5) is 10.3. The summed E-state index contributed by atoms with van der Waals surface area (Å²) in [6, 6.07) is 10.0. The van der Waals surface area contributed by atoms with Crippen LogP contribution in [0, 0.1) is 0 Å². The molecule has 0 saturated heterocycles. The Morgan fingerprint density at radius 1 is 1.23 bits per heavy atom. The summed E-state index contributed by atoms with van der Waals surface area (Å²) in [5.41, 5.74) is 7.94. The Morgan fingerprint density at radius 3 is 2.38 bits per heavy atom. The summed E-state index contributed by atoms with van der Waals surface area (Å²) in [6.45, 7) is 0. The summed E-state index contributed by atoms with van der Waals surface area (Å²) < 4.78 is 0. The van der Waals surface area contributed by atoms with Crippen LogP contribution in [0.4, 0.5) is 0 Å². The zero-order valence-corrected chi connectivity index (χ0v) is 10.3. The first-order valence-electron chi connectivity index (χ1n) is 4.07. The number of hydrogen-bond donors (Lipinski definition) is 0. The minimum Gasteiger partial charge on any atom is -0.668 e. The number of rotatable bonds is 4. The minimum atomic E-state index is -0.467. The molecule has 13 heavy (non-hydrogen) atoms. The maximum Gasteiger partial charge on any atom is 0.0487 e. The predicted octanol–water partition coefficient (Wildman–Crippen LogP) is 2.59. The zero-order chi connectivity index (χ0) is 8.81. The molecule has 67 valence electrons. The van der Waals surface area contributed by atoms with Gasteiger partial charge in [-0.15, -0.1) is 0 Å². The van der Waals surface area contributed by atoms with Gasteiger partial charge in [-0.2, -0.15) is 0 Å². The molecule has 1 rings (SSSR count). The van der Waals surface area contributed by atoms with E-state index in [1.165, 1.54) is 5.56 Å². The van der Waals surface area contributed by atoms with Crippen LogP contribution in [-0.2, 0) is 43.9 Å². The first-order chi connectivity index (χ1) is 5.79. The zero-order valence-electron chi connectivity index (χ0n) is 7.49. The van der Waals surface area contributed by atoms with Crippen LogP contribution in [0.2, 0.25) is 0 Å². The van der Waals surface area contributed by atoms with E-state index in [0.29, 0.717) is 6.42 Å². The fourth-order valence-electron chi connectivity index (χ4n) is 1.10. The van der Waals surface area contributed by atoms with Gasteiger partial charge in [0.15, 0.2) is 0 Å². The molecule has 0 bridgehead atoms. The number of benzene rings is 1. The van der Waals surface area contributed by atoms with Crippen molar-refractivity contribution in [3.05, 3.63) is 41.6 Å². The number of carbonyl (C=O) groups excluding carboxylic acids is 1. The summed E-state index contributed by atoms with van der Waals surface area (Å²) in [6.07, 6.45) is 2.05. The van der Waals surface area contributed by atoms with Crippen molar-refractivity contribution < 1.29 is 37.5 Å². The van der Waals surface area contributed by atoms with Gasteiger partial charge in [-0.25, -0.2) is 0 Å². The van der Waals surface area contributed by atoms with Crippen LogP contribution < -0.4 is 0 Å². The van der Waals surface area contributed by atoms with Crippen LogP contribution in [0.3, 0.4) is 0 Å². The number of aryl methyl sites for hydroxylation is 1. The normalized spacial score (nSPS) is 8.92. The Balaban J connectivity index is 0.00000144. The molecule has 1 aromatic rings. The second kappa shape index (κ2) is 7.22. The van der Waals surface area contributed by atoms with Crippen LogP contribution in [0.15, 0.2) is 30.3 Å². The van der Waals surface area contributed by atoms with Crippen molar-refractivity contribution in [2.24, 2.45) is 0 Å². The molecule has 1 N–H and O–H groups in total. The van der Waals surface area contributed by atoms with Gasteiger partial charge in [0, 0.05) is 38.6 Å². The van der Waals surface area contributed by atoms with Crippen molar-refractivity contribution in [2.45, 2.75) is 19.3 Å². The van der Waals surface area contributed by atoms with E-state index in [1.807, 2.05) is 30.3 Å². The third-order valence-electron chi connectivity index (χ3n) is 1.71. The van der Waals surface area contributed by atoms with Gasteiger partial charge in [-0.3, -0.25) is 0 Å². The van der Waals surface area contributed by atoms with Gasteiger partial charge in [-0.05, 0) is 24.8 Å². The van der Waals surface area contributed by atoms with E-state index in [2.05, 4.69) is 0 Å². The van der Waals surface area contributed by atoms with Crippen molar-refractivity contribution in [3.8, 4) is 0 Å². The van der Waals surface area contributed by atoms with E-state index < -0.39 is 5.91 Å². The summed E-state index contributed by atoms with van der Waals surface area (Å²) in [7, 11) is 0. The molecule has 2 nitrogen and oxygen atoms in total. The number of hydrogen-bond acceptors (Lipinski definition) is 1. The van der Waals surface area contributed by atoms with Crippen LogP contribution in [0.25, 0.3) is 5.73 Å². The van der Waals surface area contributed by atoms with Crippen molar-refractivity contribution in [1.29, 1.82) is 0 Å². The third-order valence-corrected chi connectivity index (χ3v) is 1.71. The fourth-order valence-corrected chi connectivity index (χ4v) is 1.10. The van der Waals surface area contributed by atoms with Crippen molar-refractivity contribution in [1.82, 2.24) is 0 Å². The molecule has 0 heterocycles. The van der Waals surface area contributed by atoms with Gasteiger partial charge in [0.05, 0.1) is 0 Å². The fraction of sp³-hybridized carbons (Fsp3) is 0.300. The Morgan fingerprint density at radius 2 is 1.85 bits per heavy atom. The molecule has 0 aliphatic carbocycles. The molecule has 0 aromatic heterocycles. The van der Waals surface area contributed by atoms with E-state index in [9.17, 15) is 4.79 Å². The van der Waals surface area contributed by atoms with Crippen LogP contribution in [-0.4, -0.2) is 5.91 Å². The van der Waals surface area contributed by atoms with Gasteiger partial charge < -0.3 is 10.5 Å². The van der Waals surface area contributed by atoms with Crippen molar-refractivity contribution >= 4 is 5.91 Å². The minimum absolute atomic E-state index is 0. The third kappa shape index (κ3) is 5.95. The first-order valence-corrected chi connectivity index (χ1v) is 4.07. The van der Waals surface area contributed by atoms with Gasteiger partial charge >= 0.3 is 0 Å². The average molecular weight is 251 g/mol. The molecule has 0 unspecified atom stereocenters. The summed E-state index contributed by atoms with van der Waals surface area (Å²) >= 11 is 0. The molecular weight excluding hydrogens is 239 g/mol. The smallest absolute Gasteiger partial charge is 0.0487 e. The van der Waals surface area contributed by atoms with E-state index in [1.54, 1.807) is 0 Å². The molecule has 0 saturated carbocycles. The van der Waals surface area contributed by atoms with Gasteiger partial charge in [0.2, 0.25) is 0 Å². The molecule has 1 amide bonds. The second-order valence-electron chi connectivity index (χ2n) is 2.76. The molecule has 0 aliphatic rings. The molecule has 0 fully saturated rings. The average Bonchev–Trinajstić information content (AvgIpc) is 2.05. The van der Waals surface area contributed by atoms with Crippen molar-refractivity contribution in [2.75, 3.05) is 0 Å². The maximum absolute atomic E-state index is 10.3. The SMILES string of the molecule is [NH-]C(=O)CCCc1ccccc1.[Y]. The largest absolute Gasteiger partial charge is 0.668 e. The maximum atomic E-state index is 10.3. The van der Waals surface area contributed by atoms with E-state index >= 15 is 0 Å². The predicted molar refractivity (Wildman–Crippen MR) is 48.7 cm³/mol. The van der Waals surface area contributed by atoms with Crippen LogP contribution in [0.5, 0.6) is 0 Å². The Bertz CT molecular complexity index is 248. The monoisotopic (exact) mass is 251 g/mol. The molecular formula is C10H12NOY-. The van der Waals surface area contributed by atoms with Crippen molar-refractivity contribution in [3.63, 3.8) is 0 Å². The number of nitrogens with one attached hydrogen (secondary N) is 1. The van der Waals surface area contributed by atoms with E-state index in [-0.39, 0.29) is 32.7 Å². The number of carbonyl (C=O) groups is 1. The van der Waals surface area contributed by atoms with Crippen LogP contribution in [0.1, 0.15) is 18.4 Å². The molecule has 0 spiro atoms. The summed E-state index contributed by atoms with van der Waals surface area (Å²) in [5, 5.41) is 0. The summed E-state index contributed by atoms with van der Waals surface area (Å²) in [5.74, 6) is -0.467. The Hall–Kier alpha value is -0.206. The Labute approximate surface area is 104 Å². The second-order valence-corrected chi connectivity index (χ2v) is 2.76. The van der Waals surface area contributed by atoms with Crippen LogP contribution >= 0.6 is 0 Å². The van der Waals surface area contributed by atoms with Gasteiger partial charge in [0.25, 0.3) is 0 Å². The van der Waals surface area contributed by atoms with E-state index in [0.717, 1.165) is 12.8 Å². The van der Waals surface area contributed by atoms with E-state index in [4.69, 9.17) is 5.73 Å². The first kappa shape index (κ1) is 12.8. The molecule has 0 atom stereocenters. The van der Waals surface area contributed by atoms with Gasteiger partial charge in [0.1, 0.15) is 0 Å². The quantitative estimate of drug-likeness (QED) is 0.810. The topological polar surface area (TPSA) is 40.9 Å². The molecule has 1 radical (unpaired) electrons. The Kier molecular flexibility index (Phi) is 7.11.